The molecule has 6 heteroatoms. The van der Waals surface area contributed by atoms with Crippen LogP contribution in [0.25, 0.3) is 22.1 Å². The van der Waals surface area contributed by atoms with E-state index in [2.05, 4.69) is 17.1 Å². The third-order valence-electron chi connectivity index (χ3n) is 4.92. The second kappa shape index (κ2) is 7.04. The van der Waals surface area contributed by atoms with Crippen LogP contribution in [0.4, 0.5) is 10.1 Å². The Morgan fingerprint density at radius 1 is 1.22 bits per heavy atom. The van der Waals surface area contributed by atoms with Gasteiger partial charge in [0.25, 0.3) is 0 Å². The molecule has 2 aromatic carbocycles. The zero-order valence-corrected chi connectivity index (χ0v) is 15.3. The number of hydrogen-bond donors (Lipinski definition) is 1. The minimum atomic E-state index is -0.471. The molecule has 0 aliphatic carbocycles. The van der Waals surface area contributed by atoms with Crippen LogP contribution in [0.15, 0.2) is 51.7 Å². The molecule has 5 nitrogen and oxygen atoms in total. The third kappa shape index (κ3) is 3.40. The van der Waals surface area contributed by atoms with Gasteiger partial charge in [0, 0.05) is 42.8 Å². The SMILES string of the molecule is COc1cc(-c2cc3ccc(N4CCN[C@@H](C)C4)cc3oc2=O)ccc1F. The Labute approximate surface area is 156 Å². The van der Waals surface area contributed by atoms with Crippen LogP contribution in [0.2, 0.25) is 0 Å². The largest absolute Gasteiger partial charge is 0.494 e. The summed E-state index contributed by atoms with van der Waals surface area (Å²) < 4.78 is 24.2. The lowest BCUT2D eigenvalue weighted by Gasteiger charge is -2.33. The molecule has 1 atom stereocenters. The van der Waals surface area contributed by atoms with Crippen molar-refractivity contribution in [3.63, 3.8) is 0 Å². The molecule has 0 radical (unpaired) electrons. The molecular formula is C21H21FN2O3. The first-order valence-electron chi connectivity index (χ1n) is 8.95. The highest BCUT2D eigenvalue weighted by Gasteiger charge is 2.17. The maximum Gasteiger partial charge on any atom is 0.344 e. The Hall–Kier alpha value is -2.86. The standard InChI is InChI=1S/C21H21FN2O3/c1-13-12-24(8-7-23-13)16-5-3-15-9-17(21(25)27-19(15)11-16)14-4-6-18(22)20(10-14)26-2/h3-6,9-11,13,23H,7-8,12H2,1-2H3/t13-/m0/s1. The number of nitrogens with zero attached hydrogens (tertiary/aromatic N) is 1. The number of anilines is 1. The van der Waals surface area contributed by atoms with E-state index in [1.807, 2.05) is 18.2 Å². The van der Waals surface area contributed by atoms with Gasteiger partial charge in [0.15, 0.2) is 11.6 Å². The Kier molecular flexibility index (Phi) is 4.58. The smallest absolute Gasteiger partial charge is 0.344 e. The van der Waals surface area contributed by atoms with E-state index in [0.717, 1.165) is 30.7 Å². The van der Waals surface area contributed by atoms with E-state index < -0.39 is 11.4 Å². The molecule has 4 rings (SSSR count). The fourth-order valence-corrected chi connectivity index (χ4v) is 3.49. The van der Waals surface area contributed by atoms with Crippen molar-refractivity contribution >= 4 is 16.7 Å². The molecule has 2 heterocycles. The molecule has 27 heavy (non-hydrogen) atoms. The highest BCUT2D eigenvalue weighted by Crippen LogP contribution is 2.28. The molecule has 140 valence electrons. The summed E-state index contributed by atoms with van der Waals surface area (Å²) in [4.78, 5) is 14.8. The van der Waals surface area contributed by atoms with Crippen molar-refractivity contribution in [2.75, 3.05) is 31.6 Å². The van der Waals surface area contributed by atoms with Gasteiger partial charge in [-0.3, -0.25) is 0 Å². The fourth-order valence-electron chi connectivity index (χ4n) is 3.49. The molecule has 3 aromatic rings. The number of rotatable bonds is 3. The summed E-state index contributed by atoms with van der Waals surface area (Å²) in [5.41, 5.74) is 2.06. The Morgan fingerprint density at radius 2 is 2.07 bits per heavy atom. The lowest BCUT2D eigenvalue weighted by molar-refractivity contribution is 0.387. The first kappa shape index (κ1) is 17.5. The number of ether oxygens (including phenoxy) is 1. The molecule has 1 aromatic heterocycles. The molecule has 1 aliphatic heterocycles. The van der Waals surface area contributed by atoms with Gasteiger partial charge < -0.3 is 19.4 Å². The van der Waals surface area contributed by atoms with Crippen LogP contribution in [0, 0.1) is 5.82 Å². The predicted molar refractivity (Wildman–Crippen MR) is 104 cm³/mol. The van der Waals surface area contributed by atoms with Crippen molar-refractivity contribution in [1.82, 2.24) is 5.32 Å². The van der Waals surface area contributed by atoms with E-state index in [1.165, 1.54) is 19.2 Å². The number of piperazine rings is 1. The zero-order valence-electron chi connectivity index (χ0n) is 15.3. The van der Waals surface area contributed by atoms with Crippen molar-refractivity contribution in [2.24, 2.45) is 0 Å². The van der Waals surface area contributed by atoms with Crippen LogP contribution < -0.4 is 20.6 Å². The van der Waals surface area contributed by atoms with Crippen LogP contribution in [0.5, 0.6) is 5.75 Å². The first-order valence-corrected chi connectivity index (χ1v) is 8.95. The lowest BCUT2D eigenvalue weighted by Crippen LogP contribution is -2.49. The third-order valence-corrected chi connectivity index (χ3v) is 4.92. The van der Waals surface area contributed by atoms with Gasteiger partial charge in [-0.25, -0.2) is 9.18 Å². The van der Waals surface area contributed by atoms with Crippen molar-refractivity contribution in [1.29, 1.82) is 0 Å². The van der Waals surface area contributed by atoms with E-state index in [1.54, 1.807) is 12.1 Å². The molecule has 1 aliphatic rings. The summed E-state index contributed by atoms with van der Waals surface area (Å²) in [7, 11) is 1.39. The van der Waals surface area contributed by atoms with Crippen LogP contribution in [0.3, 0.4) is 0 Å². The normalized spacial score (nSPS) is 17.3. The maximum atomic E-state index is 13.7. The summed E-state index contributed by atoms with van der Waals surface area (Å²) in [5, 5.41) is 4.23. The molecule has 0 amide bonds. The molecule has 0 unspecified atom stereocenters. The number of benzene rings is 2. The molecule has 0 spiro atoms. The van der Waals surface area contributed by atoms with Gasteiger partial charge in [-0.1, -0.05) is 6.07 Å². The molecule has 1 fully saturated rings. The number of halogens is 1. The van der Waals surface area contributed by atoms with Crippen molar-refractivity contribution in [3.8, 4) is 16.9 Å². The highest BCUT2D eigenvalue weighted by atomic mass is 19.1. The van der Waals surface area contributed by atoms with Gasteiger partial charge in [0.05, 0.1) is 12.7 Å². The minimum absolute atomic E-state index is 0.0928. The lowest BCUT2D eigenvalue weighted by atomic mass is 10.0. The monoisotopic (exact) mass is 368 g/mol. The highest BCUT2D eigenvalue weighted by molar-refractivity contribution is 5.84. The van der Waals surface area contributed by atoms with Crippen molar-refractivity contribution in [2.45, 2.75) is 13.0 Å². The second-order valence-corrected chi connectivity index (χ2v) is 6.82. The molecule has 0 saturated carbocycles. The number of fused-ring (bicyclic) bond motifs is 1. The zero-order chi connectivity index (χ0) is 19.0. The van der Waals surface area contributed by atoms with E-state index in [-0.39, 0.29) is 5.75 Å². The Balaban J connectivity index is 1.74. The van der Waals surface area contributed by atoms with Gasteiger partial charge in [0.2, 0.25) is 0 Å². The van der Waals surface area contributed by atoms with Crippen LogP contribution in [-0.4, -0.2) is 32.8 Å². The molecule has 1 saturated heterocycles. The molecule has 1 N–H and O–H groups in total. The van der Waals surface area contributed by atoms with Gasteiger partial charge in [0.1, 0.15) is 5.58 Å². The van der Waals surface area contributed by atoms with Crippen molar-refractivity contribution in [3.05, 3.63) is 58.7 Å². The van der Waals surface area contributed by atoms with Crippen molar-refractivity contribution < 1.29 is 13.5 Å². The van der Waals surface area contributed by atoms with E-state index in [9.17, 15) is 9.18 Å². The summed E-state index contributed by atoms with van der Waals surface area (Å²) >= 11 is 0. The number of methoxy groups -OCH3 is 1. The van der Waals surface area contributed by atoms with Gasteiger partial charge in [-0.2, -0.15) is 0 Å². The second-order valence-electron chi connectivity index (χ2n) is 6.82. The van der Waals surface area contributed by atoms with E-state index in [0.29, 0.717) is 22.8 Å². The number of nitrogens with one attached hydrogen (secondary N) is 1. The maximum absolute atomic E-state index is 13.7. The Morgan fingerprint density at radius 3 is 2.85 bits per heavy atom. The van der Waals surface area contributed by atoms with E-state index >= 15 is 0 Å². The summed E-state index contributed by atoms with van der Waals surface area (Å²) in [6, 6.07) is 12.4. The first-order chi connectivity index (χ1) is 13.0. The number of hydrogen-bond acceptors (Lipinski definition) is 5. The van der Waals surface area contributed by atoms with E-state index in [4.69, 9.17) is 9.15 Å². The fraction of sp³-hybridized carbons (Fsp3) is 0.286. The van der Waals surface area contributed by atoms with Gasteiger partial charge >= 0.3 is 5.63 Å². The Bertz CT molecular complexity index is 1050. The van der Waals surface area contributed by atoms with Crippen LogP contribution in [0.1, 0.15) is 6.92 Å². The summed E-state index contributed by atoms with van der Waals surface area (Å²) in [5.74, 6) is -0.378. The predicted octanol–water partition coefficient (Wildman–Crippen LogP) is 3.41. The summed E-state index contributed by atoms with van der Waals surface area (Å²) in [6.45, 7) is 4.89. The minimum Gasteiger partial charge on any atom is -0.494 e. The molecule has 0 bridgehead atoms. The average molecular weight is 368 g/mol. The average Bonchev–Trinajstić information content (AvgIpc) is 2.67. The summed E-state index contributed by atoms with van der Waals surface area (Å²) in [6.07, 6.45) is 0. The van der Waals surface area contributed by atoms with Gasteiger partial charge in [-0.15, -0.1) is 0 Å². The van der Waals surface area contributed by atoms with Gasteiger partial charge in [-0.05, 0) is 42.8 Å². The van der Waals surface area contributed by atoms with Crippen LogP contribution in [-0.2, 0) is 0 Å². The van der Waals surface area contributed by atoms with Crippen LogP contribution >= 0.6 is 0 Å². The topological polar surface area (TPSA) is 54.7 Å². The molecular weight excluding hydrogens is 347 g/mol. The quantitative estimate of drug-likeness (QED) is 0.718.